The molecule has 0 amide bonds. The largest absolute Gasteiger partial charge is 0.496 e. The number of halogens is 3. The molecule has 4 nitrogen and oxygen atoms in total. The number of carbonyl (C=O) groups is 1. The van der Waals surface area contributed by atoms with E-state index in [0.717, 1.165) is 26.4 Å². The maximum atomic E-state index is 12.4. The number of benzene rings is 1. The van der Waals surface area contributed by atoms with Crippen molar-refractivity contribution >= 4 is 17.7 Å². The fraction of sp³-hybridized carbons (Fsp3) is 0.273. The second-order valence-corrected chi connectivity index (χ2v) is 4.28. The van der Waals surface area contributed by atoms with E-state index in [9.17, 15) is 18.0 Å². The zero-order valence-electron chi connectivity index (χ0n) is 9.87. The van der Waals surface area contributed by atoms with Gasteiger partial charge in [-0.3, -0.25) is 0 Å². The van der Waals surface area contributed by atoms with Crippen molar-refractivity contribution in [1.82, 2.24) is 0 Å². The van der Waals surface area contributed by atoms with Crippen molar-refractivity contribution in [2.75, 3.05) is 14.2 Å². The molecule has 0 N–H and O–H groups in total. The molecule has 0 unspecified atom stereocenters. The van der Waals surface area contributed by atoms with Crippen LogP contribution < -0.4 is 4.74 Å². The van der Waals surface area contributed by atoms with Crippen molar-refractivity contribution in [3.05, 3.63) is 23.3 Å². The molecule has 0 aliphatic rings. The minimum absolute atomic E-state index is 0.0533. The maximum Gasteiger partial charge on any atom is 0.446 e. The number of nitrogens with zero attached hydrogens (tertiary/aromatic N) is 1. The molecule has 0 aromatic heterocycles. The Morgan fingerprint density at radius 1 is 1.37 bits per heavy atom. The lowest BCUT2D eigenvalue weighted by atomic mass is 10.1. The molecule has 102 valence electrons. The second-order valence-electron chi connectivity index (χ2n) is 3.21. The van der Waals surface area contributed by atoms with Gasteiger partial charge in [0.2, 0.25) is 0 Å². The van der Waals surface area contributed by atoms with E-state index in [1.165, 1.54) is 0 Å². The number of ether oxygens (including phenoxy) is 2. The molecule has 0 saturated heterocycles. The van der Waals surface area contributed by atoms with Crippen LogP contribution in [0.3, 0.4) is 0 Å². The summed E-state index contributed by atoms with van der Waals surface area (Å²) >= 11 is -0.468. The summed E-state index contributed by atoms with van der Waals surface area (Å²) in [5, 5.41) is 8.88. The zero-order valence-corrected chi connectivity index (χ0v) is 10.7. The van der Waals surface area contributed by atoms with E-state index in [-0.39, 0.29) is 21.8 Å². The van der Waals surface area contributed by atoms with Gasteiger partial charge in [-0.1, -0.05) is 0 Å². The van der Waals surface area contributed by atoms with E-state index in [1.807, 2.05) is 0 Å². The molecule has 19 heavy (non-hydrogen) atoms. The summed E-state index contributed by atoms with van der Waals surface area (Å²) in [5.41, 5.74) is -4.92. The van der Waals surface area contributed by atoms with Crippen molar-refractivity contribution in [2.45, 2.75) is 10.4 Å². The van der Waals surface area contributed by atoms with Crippen LogP contribution in [0.1, 0.15) is 15.9 Å². The Labute approximate surface area is 111 Å². The lowest BCUT2D eigenvalue weighted by Crippen LogP contribution is -2.06. The van der Waals surface area contributed by atoms with E-state index in [1.54, 1.807) is 6.07 Å². The topological polar surface area (TPSA) is 59.3 Å². The first-order valence-corrected chi connectivity index (χ1v) is 5.60. The molecule has 8 heteroatoms. The van der Waals surface area contributed by atoms with E-state index in [4.69, 9.17) is 10.00 Å². The van der Waals surface area contributed by atoms with Crippen molar-refractivity contribution < 1.29 is 27.4 Å². The highest BCUT2D eigenvalue weighted by atomic mass is 32.2. The monoisotopic (exact) mass is 291 g/mol. The molecular weight excluding hydrogens is 283 g/mol. The highest BCUT2D eigenvalue weighted by Gasteiger charge is 2.33. The fourth-order valence-electron chi connectivity index (χ4n) is 1.29. The van der Waals surface area contributed by atoms with Gasteiger partial charge in [-0.25, -0.2) is 4.79 Å². The molecule has 1 aromatic carbocycles. The predicted molar refractivity (Wildman–Crippen MR) is 61.0 cm³/mol. The average molecular weight is 291 g/mol. The van der Waals surface area contributed by atoms with Gasteiger partial charge < -0.3 is 9.47 Å². The normalized spacial score (nSPS) is 10.7. The lowest BCUT2D eigenvalue weighted by molar-refractivity contribution is -0.0329. The summed E-state index contributed by atoms with van der Waals surface area (Å²) in [7, 11) is 2.28. The van der Waals surface area contributed by atoms with Crippen molar-refractivity contribution in [2.24, 2.45) is 0 Å². The van der Waals surface area contributed by atoms with Crippen LogP contribution in [0.2, 0.25) is 0 Å². The third-order valence-electron chi connectivity index (χ3n) is 2.03. The average Bonchev–Trinajstić information content (AvgIpc) is 2.36. The Balaban J connectivity index is 3.39. The molecule has 0 aliphatic carbocycles. The third-order valence-corrected chi connectivity index (χ3v) is 2.89. The first kappa shape index (κ1) is 15.2. The fourth-order valence-corrected chi connectivity index (χ4v) is 1.98. The number of carbonyl (C=O) groups excluding carboxylic acids is 1. The first-order chi connectivity index (χ1) is 8.82. The molecule has 0 aliphatic heterocycles. The molecule has 1 rings (SSSR count). The van der Waals surface area contributed by atoms with Crippen molar-refractivity contribution in [3.8, 4) is 11.8 Å². The van der Waals surface area contributed by atoms with E-state index >= 15 is 0 Å². The molecule has 0 heterocycles. The number of nitriles is 1. The van der Waals surface area contributed by atoms with E-state index in [0.29, 0.717) is 0 Å². The van der Waals surface area contributed by atoms with Crippen LogP contribution >= 0.6 is 11.8 Å². The molecule has 0 radical (unpaired) electrons. The summed E-state index contributed by atoms with van der Waals surface area (Å²) in [6, 6.07) is 3.73. The van der Waals surface area contributed by atoms with Gasteiger partial charge in [0.05, 0.1) is 30.2 Å². The maximum absolute atomic E-state index is 12.4. The van der Waals surface area contributed by atoms with Crippen LogP contribution in [0.25, 0.3) is 0 Å². The molecule has 0 atom stereocenters. The molecule has 0 fully saturated rings. The van der Waals surface area contributed by atoms with Gasteiger partial charge in [0.25, 0.3) is 0 Å². The molecule has 0 spiro atoms. The minimum Gasteiger partial charge on any atom is -0.496 e. The van der Waals surface area contributed by atoms with Gasteiger partial charge in [0.1, 0.15) is 11.8 Å². The molecule has 1 aromatic rings. The quantitative estimate of drug-likeness (QED) is 0.633. The molecule has 0 bridgehead atoms. The van der Waals surface area contributed by atoms with Crippen LogP contribution in [-0.2, 0) is 4.74 Å². The Morgan fingerprint density at radius 3 is 2.42 bits per heavy atom. The highest BCUT2D eigenvalue weighted by molar-refractivity contribution is 8.00. The molecule has 0 saturated carbocycles. The number of hydrogen-bond donors (Lipinski definition) is 0. The summed E-state index contributed by atoms with van der Waals surface area (Å²) < 4.78 is 46.4. The minimum atomic E-state index is -4.56. The Hall–Kier alpha value is -1.88. The van der Waals surface area contributed by atoms with Crippen LogP contribution in [0.4, 0.5) is 13.2 Å². The van der Waals surface area contributed by atoms with Gasteiger partial charge in [-0.2, -0.15) is 18.4 Å². The Morgan fingerprint density at radius 2 is 2.00 bits per heavy atom. The lowest BCUT2D eigenvalue weighted by Gasteiger charge is -2.13. The van der Waals surface area contributed by atoms with Gasteiger partial charge >= 0.3 is 11.5 Å². The number of esters is 1. The third kappa shape index (κ3) is 3.79. The highest BCUT2D eigenvalue weighted by Crippen LogP contribution is 2.43. The second kappa shape index (κ2) is 5.84. The summed E-state index contributed by atoms with van der Waals surface area (Å²) in [6.07, 6.45) is 0. The van der Waals surface area contributed by atoms with E-state index < -0.39 is 23.2 Å². The van der Waals surface area contributed by atoms with Gasteiger partial charge in [-0.15, -0.1) is 0 Å². The molecular formula is C11H8F3NO3S. The summed E-state index contributed by atoms with van der Waals surface area (Å²) in [6.45, 7) is 0. The summed E-state index contributed by atoms with van der Waals surface area (Å²) in [5.74, 6) is -0.972. The van der Waals surface area contributed by atoms with Crippen LogP contribution in [0, 0.1) is 11.3 Å². The van der Waals surface area contributed by atoms with Crippen molar-refractivity contribution in [1.29, 1.82) is 5.26 Å². The van der Waals surface area contributed by atoms with Crippen LogP contribution in [0.5, 0.6) is 5.75 Å². The SMILES string of the molecule is COC(=O)c1cc(C#N)c(SC(F)(F)F)c(OC)c1. The number of rotatable bonds is 3. The number of thioether (sulfide) groups is 1. The standard InChI is InChI=1S/C11H8F3NO3S/c1-17-8-4-6(10(16)18-2)3-7(5-15)9(8)19-11(12,13)14/h3-4H,1-2H3. The number of hydrogen-bond acceptors (Lipinski definition) is 5. The van der Waals surface area contributed by atoms with Gasteiger partial charge in [-0.05, 0) is 23.9 Å². The summed E-state index contributed by atoms with van der Waals surface area (Å²) in [4.78, 5) is 10.9. The number of alkyl halides is 3. The smallest absolute Gasteiger partial charge is 0.446 e. The van der Waals surface area contributed by atoms with E-state index in [2.05, 4.69) is 4.74 Å². The zero-order chi connectivity index (χ0) is 14.6. The van der Waals surface area contributed by atoms with Crippen LogP contribution in [-0.4, -0.2) is 25.7 Å². The first-order valence-electron chi connectivity index (χ1n) is 4.78. The van der Waals surface area contributed by atoms with Crippen LogP contribution in [0.15, 0.2) is 17.0 Å². The van der Waals surface area contributed by atoms with Gasteiger partial charge in [0.15, 0.2) is 0 Å². The Bertz CT molecular complexity index is 537. The Kier molecular flexibility index (Phi) is 4.67. The predicted octanol–water partition coefficient (Wildman–Crippen LogP) is 2.97. The van der Waals surface area contributed by atoms with Gasteiger partial charge in [0, 0.05) is 0 Å². The van der Waals surface area contributed by atoms with Crippen molar-refractivity contribution in [3.63, 3.8) is 0 Å². The number of methoxy groups -OCH3 is 2.